The van der Waals surface area contributed by atoms with Crippen LogP contribution in [0.2, 0.25) is 5.02 Å². The second-order valence-electron chi connectivity index (χ2n) is 8.94. The van der Waals surface area contributed by atoms with E-state index in [9.17, 15) is 4.79 Å². The lowest BCUT2D eigenvalue weighted by atomic mass is 9.96. The number of halogens is 1. The standard InChI is InChI=1S/C30H31ClN4O2/c1-20-17-23(31)12-15-27(20)35-29-22(18-21-10-13-25(37-2)14-11-21)7-3-4-9-26(29)28(32)30(36)34-19-24-8-5-6-16-33-24/h5-6,8,10-18H,3-4,7,9,19,32H2,1-2H3,(H,34,36)/b22-18+,28-26-,35-29?. The number of hydrogen-bond acceptors (Lipinski definition) is 5. The van der Waals surface area contributed by atoms with Crippen molar-refractivity contribution in [2.24, 2.45) is 10.7 Å². The zero-order valence-corrected chi connectivity index (χ0v) is 21.9. The highest BCUT2D eigenvalue weighted by molar-refractivity contribution is 6.30. The molecule has 37 heavy (non-hydrogen) atoms. The van der Waals surface area contributed by atoms with Crippen molar-refractivity contribution >= 4 is 35.0 Å². The predicted molar refractivity (Wildman–Crippen MR) is 150 cm³/mol. The molecule has 2 aromatic carbocycles. The van der Waals surface area contributed by atoms with Crippen LogP contribution < -0.4 is 15.8 Å². The highest BCUT2D eigenvalue weighted by Gasteiger charge is 2.23. The van der Waals surface area contributed by atoms with Gasteiger partial charge < -0.3 is 15.8 Å². The lowest BCUT2D eigenvalue weighted by Crippen LogP contribution is -2.31. The van der Waals surface area contributed by atoms with Crippen LogP contribution in [0.1, 0.15) is 42.5 Å². The third-order valence-corrected chi connectivity index (χ3v) is 6.52. The summed E-state index contributed by atoms with van der Waals surface area (Å²) in [6.07, 6.45) is 7.17. The predicted octanol–water partition coefficient (Wildman–Crippen LogP) is 6.31. The zero-order valence-electron chi connectivity index (χ0n) is 21.1. The number of carbonyl (C=O) groups is 1. The third kappa shape index (κ3) is 6.86. The van der Waals surface area contributed by atoms with Crippen LogP contribution in [0.4, 0.5) is 5.69 Å². The number of rotatable bonds is 6. The first kappa shape index (κ1) is 26.2. The number of nitrogens with two attached hydrogens (primary N) is 1. The van der Waals surface area contributed by atoms with Gasteiger partial charge in [-0.3, -0.25) is 9.78 Å². The van der Waals surface area contributed by atoms with E-state index in [1.165, 1.54) is 0 Å². The van der Waals surface area contributed by atoms with E-state index in [0.29, 0.717) is 18.0 Å². The molecule has 3 N–H and O–H groups in total. The topological polar surface area (TPSA) is 89.6 Å². The van der Waals surface area contributed by atoms with Crippen LogP contribution in [0.5, 0.6) is 5.75 Å². The molecule has 1 saturated carbocycles. The first-order valence-corrected chi connectivity index (χ1v) is 12.7. The Hall–Kier alpha value is -3.90. The van der Waals surface area contributed by atoms with E-state index in [4.69, 9.17) is 27.1 Å². The average Bonchev–Trinajstić information content (AvgIpc) is 3.11. The molecule has 1 fully saturated rings. The minimum atomic E-state index is -0.327. The number of aromatic nitrogens is 1. The number of pyridine rings is 1. The number of allylic oxidation sites excluding steroid dienone is 2. The number of hydrogen-bond donors (Lipinski definition) is 2. The fourth-order valence-electron chi connectivity index (χ4n) is 4.26. The number of benzene rings is 2. The first-order valence-electron chi connectivity index (χ1n) is 12.3. The lowest BCUT2D eigenvalue weighted by Gasteiger charge is -2.15. The van der Waals surface area contributed by atoms with Gasteiger partial charge in [-0.05, 0) is 97.8 Å². The van der Waals surface area contributed by atoms with E-state index >= 15 is 0 Å². The van der Waals surface area contributed by atoms with Crippen LogP contribution >= 0.6 is 11.6 Å². The van der Waals surface area contributed by atoms with E-state index in [2.05, 4.69) is 16.4 Å². The first-order chi connectivity index (χ1) is 17.9. The van der Waals surface area contributed by atoms with Crippen LogP contribution in [-0.4, -0.2) is 23.7 Å². The van der Waals surface area contributed by atoms with E-state index < -0.39 is 0 Å². The second-order valence-corrected chi connectivity index (χ2v) is 9.37. The Morgan fingerprint density at radius 2 is 1.92 bits per heavy atom. The Labute approximate surface area is 222 Å². The number of ether oxygens (including phenoxy) is 1. The lowest BCUT2D eigenvalue weighted by molar-refractivity contribution is -0.117. The van der Waals surface area contributed by atoms with Crippen molar-refractivity contribution in [3.8, 4) is 5.75 Å². The molecule has 190 valence electrons. The van der Waals surface area contributed by atoms with Gasteiger partial charge in [0.05, 0.1) is 30.7 Å². The molecule has 0 saturated heterocycles. The van der Waals surface area contributed by atoms with Gasteiger partial charge in [-0.2, -0.15) is 0 Å². The zero-order chi connectivity index (χ0) is 26.2. The Bertz CT molecular complexity index is 1350. The van der Waals surface area contributed by atoms with E-state index in [1.807, 2.05) is 67.6 Å². The number of nitrogens with zero attached hydrogens (tertiary/aromatic N) is 2. The van der Waals surface area contributed by atoms with Gasteiger partial charge in [0.25, 0.3) is 5.91 Å². The number of aryl methyl sites for hydroxylation is 1. The third-order valence-electron chi connectivity index (χ3n) is 6.29. The summed E-state index contributed by atoms with van der Waals surface area (Å²) in [4.78, 5) is 22.5. The Morgan fingerprint density at radius 3 is 2.62 bits per heavy atom. The maximum absolute atomic E-state index is 13.1. The van der Waals surface area contributed by atoms with Crippen molar-refractivity contribution in [1.29, 1.82) is 0 Å². The molecule has 1 amide bonds. The van der Waals surface area contributed by atoms with Crippen molar-refractivity contribution in [1.82, 2.24) is 10.3 Å². The number of amides is 1. The summed E-state index contributed by atoms with van der Waals surface area (Å²) < 4.78 is 5.30. The van der Waals surface area contributed by atoms with Crippen molar-refractivity contribution < 1.29 is 9.53 Å². The summed E-state index contributed by atoms with van der Waals surface area (Å²) in [6.45, 7) is 2.27. The van der Waals surface area contributed by atoms with Crippen LogP contribution in [0.25, 0.3) is 6.08 Å². The molecule has 1 aliphatic carbocycles. The van der Waals surface area contributed by atoms with E-state index in [1.54, 1.807) is 13.3 Å². The van der Waals surface area contributed by atoms with Gasteiger partial charge in [-0.15, -0.1) is 0 Å². The monoisotopic (exact) mass is 514 g/mol. The number of aliphatic imine (C=N–C) groups is 1. The highest BCUT2D eigenvalue weighted by atomic mass is 35.5. The van der Waals surface area contributed by atoms with Gasteiger partial charge in [-0.1, -0.05) is 29.8 Å². The van der Waals surface area contributed by atoms with E-state index in [-0.39, 0.29) is 11.6 Å². The molecular weight excluding hydrogens is 484 g/mol. The van der Waals surface area contributed by atoms with Crippen molar-refractivity contribution in [2.45, 2.75) is 39.2 Å². The maximum Gasteiger partial charge on any atom is 0.267 e. The van der Waals surface area contributed by atoms with Gasteiger partial charge >= 0.3 is 0 Å². The molecule has 0 radical (unpaired) electrons. The Balaban J connectivity index is 1.77. The molecule has 6 nitrogen and oxygen atoms in total. The number of nitrogens with one attached hydrogen (secondary N) is 1. The number of methoxy groups -OCH3 is 1. The fourth-order valence-corrected chi connectivity index (χ4v) is 4.49. The summed E-state index contributed by atoms with van der Waals surface area (Å²) in [6, 6.07) is 19.1. The van der Waals surface area contributed by atoms with Gasteiger partial charge in [-0.25, -0.2) is 4.99 Å². The second kappa shape index (κ2) is 12.4. The molecule has 1 aromatic heterocycles. The van der Waals surface area contributed by atoms with Gasteiger partial charge in [0.1, 0.15) is 11.4 Å². The van der Waals surface area contributed by atoms with Crippen molar-refractivity contribution in [3.05, 3.63) is 106 Å². The van der Waals surface area contributed by atoms with Gasteiger partial charge in [0, 0.05) is 16.8 Å². The SMILES string of the molecule is COc1ccc(/C=C2\CCCC/C(=C(/N)C(=O)NCc3ccccn3)C2=Nc2ccc(Cl)cc2C)cc1. The molecule has 1 aliphatic rings. The van der Waals surface area contributed by atoms with Crippen LogP contribution in [0.3, 0.4) is 0 Å². The van der Waals surface area contributed by atoms with Crippen molar-refractivity contribution in [2.75, 3.05) is 7.11 Å². The molecule has 7 heteroatoms. The summed E-state index contributed by atoms with van der Waals surface area (Å²) >= 11 is 6.20. The molecule has 3 aromatic rings. The Kier molecular flexibility index (Phi) is 8.75. The summed E-state index contributed by atoms with van der Waals surface area (Å²) in [5, 5.41) is 3.56. The van der Waals surface area contributed by atoms with Crippen LogP contribution in [-0.2, 0) is 11.3 Å². The van der Waals surface area contributed by atoms with E-state index in [0.717, 1.165) is 64.4 Å². The molecule has 0 aliphatic heterocycles. The maximum atomic E-state index is 13.1. The number of carbonyl (C=O) groups excluding carboxylic acids is 1. The van der Waals surface area contributed by atoms with Gasteiger partial charge in [0.15, 0.2) is 0 Å². The quantitative estimate of drug-likeness (QED) is 0.298. The highest BCUT2D eigenvalue weighted by Crippen LogP contribution is 2.32. The molecule has 0 bridgehead atoms. The summed E-state index contributed by atoms with van der Waals surface area (Å²) in [7, 11) is 1.65. The molecule has 0 spiro atoms. The summed E-state index contributed by atoms with van der Waals surface area (Å²) in [5.74, 6) is 0.468. The molecule has 1 heterocycles. The molecule has 0 atom stereocenters. The normalized spacial score (nSPS) is 17.4. The molecule has 0 unspecified atom stereocenters. The Morgan fingerprint density at radius 1 is 1.14 bits per heavy atom. The smallest absolute Gasteiger partial charge is 0.267 e. The largest absolute Gasteiger partial charge is 0.497 e. The fraction of sp³-hybridized carbons (Fsp3) is 0.233. The minimum Gasteiger partial charge on any atom is -0.497 e. The molecular formula is C30H31ClN4O2. The van der Waals surface area contributed by atoms with Gasteiger partial charge in [0.2, 0.25) is 0 Å². The molecule has 4 rings (SSSR count). The minimum absolute atomic E-state index is 0.184. The van der Waals surface area contributed by atoms with Crippen LogP contribution in [0, 0.1) is 6.92 Å². The summed E-state index contributed by atoms with van der Waals surface area (Å²) in [5.41, 5.74) is 12.8. The van der Waals surface area contributed by atoms with Crippen LogP contribution in [0.15, 0.2) is 88.7 Å². The van der Waals surface area contributed by atoms with Crippen molar-refractivity contribution in [3.63, 3.8) is 0 Å². The average molecular weight is 515 g/mol.